The molecule has 0 spiro atoms. The summed E-state index contributed by atoms with van der Waals surface area (Å²) >= 11 is 1.64. The maximum atomic E-state index is 11.3. The Labute approximate surface area is 108 Å². The van der Waals surface area contributed by atoms with Gasteiger partial charge in [0, 0.05) is 35.1 Å². The summed E-state index contributed by atoms with van der Waals surface area (Å²) in [7, 11) is 0. The first-order valence-electron chi connectivity index (χ1n) is 5.90. The minimum Gasteiger partial charge on any atom is -0.325 e. The van der Waals surface area contributed by atoms with E-state index in [0.29, 0.717) is 6.42 Å². The lowest BCUT2D eigenvalue weighted by Gasteiger charge is -2.27. The molecule has 1 aromatic rings. The van der Waals surface area contributed by atoms with Crippen LogP contribution in [0.2, 0.25) is 0 Å². The monoisotopic (exact) mass is 263 g/mol. The average molecular weight is 263 g/mol. The van der Waals surface area contributed by atoms with Gasteiger partial charge in [0.2, 0.25) is 11.8 Å². The zero-order valence-corrected chi connectivity index (χ0v) is 10.8. The van der Waals surface area contributed by atoms with E-state index in [0.717, 1.165) is 29.8 Å². The van der Waals surface area contributed by atoms with Crippen LogP contribution >= 0.6 is 11.3 Å². The molecule has 5 nitrogen and oxygen atoms in total. The maximum absolute atomic E-state index is 11.3. The zero-order chi connectivity index (χ0) is 12.7. The molecule has 0 saturated heterocycles. The van der Waals surface area contributed by atoms with E-state index in [1.54, 1.807) is 11.3 Å². The number of hydrogen-bond acceptors (Lipinski definition) is 4. The van der Waals surface area contributed by atoms with E-state index >= 15 is 0 Å². The van der Waals surface area contributed by atoms with Crippen molar-refractivity contribution >= 4 is 34.6 Å². The molecule has 6 heteroatoms. The molecular weight excluding hydrogens is 250 g/mol. The Bertz CT molecular complexity index is 562. The fourth-order valence-electron chi connectivity index (χ4n) is 2.53. The predicted molar refractivity (Wildman–Crippen MR) is 69.7 cm³/mol. The molecule has 0 fully saturated rings. The van der Waals surface area contributed by atoms with Gasteiger partial charge in [-0.05, 0) is 12.8 Å². The molecule has 2 N–H and O–H groups in total. The molecule has 1 unspecified atom stereocenters. The number of carbonyl (C=O) groups is 2. The number of rotatable bonds is 1. The topological polar surface area (TPSA) is 70.6 Å². The number of fused-ring (bicyclic) bond motifs is 3. The summed E-state index contributed by atoms with van der Waals surface area (Å²) in [6.45, 7) is 1.49. The third-order valence-corrected chi connectivity index (χ3v) is 4.32. The van der Waals surface area contributed by atoms with Gasteiger partial charge in [-0.15, -0.1) is 11.3 Å². The van der Waals surface area contributed by atoms with Crippen LogP contribution in [0.1, 0.15) is 30.2 Å². The van der Waals surface area contributed by atoms with Gasteiger partial charge >= 0.3 is 0 Å². The molecule has 2 aliphatic rings. The second-order valence-corrected chi connectivity index (χ2v) is 5.56. The van der Waals surface area contributed by atoms with Crippen molar-refractivity contribution in [3.05, 3.63) is 15.8 Å². The third kappa shape index (κ3) is 1.82. The molecule has 0 saturated carbocycles. The Hall–Kier alpha value is -1.69. The quantitative estimate of drug-likeness (QED) is 0.806. The lowest BCUT2D eigenvalue weighted by atomic mass is 9.83. The largest absolute Gasteiger partial charge is 0.325 e. The highest BCUT2D eigenvalue weighted by atomic mass is 32.1. The number of thiophene rings is 1. The number of carbonyl (C=O) groups excluding carboxylic acids is 2. The van der Waals surface area contributed by atoms with Gasteiger partial charge < -0.3 is 5.32 Å². The van der Waals surface area contributed by atoms with Crippen LogP contribution in [0, 0.1) is 5.92 Å². The molecule has 2 heterocycles. The van der Waals surface area contributed by atoms with Crippen LogP contribution in [0.15, 0.2) is 10.5 Å². The highest BCUT2D eigenvalue weighted by molar-refractivity contribution is 7.11. The number of amides is 2. The van der Waals surface area contributed by atoms with Gasteiger partial charge in [-0.25, -0.2) is 5.43 Å². The van der Waals surface area contributed by atoms with Crippen molar-refractivity contribution in [1.29, 1.82) is 0 Å². The number of nitrogens with zero attached hydrogens (tertiary/aromatic N) is 1. The smallest absolute Gasteiger partial charge is 0.240 e. The van der Waals surface area contributed by atoms with E-state index in [4.69, 9.17) is 0 Å². The van der Waals surface area contributed by atoms with Crippen LogP contribution in [-0.2, 0) is 16.0 Å². The molecule has 1 atom stereocenters. The van der Waals surface area contributed by atoms with Gasteiger partial charge in [0.1, 0.15) is 0 Å². The van der Waals surface area contributed by atoms with Crippen LogP contribution in [0.3, 0.4) is 0 Å². The lowest BCUT2D eigenvalue weighted by molar-refractivity contribution is -0.122. The van der Waals surface area contributed by atoms with E-state index in [-0.39, 0.29) is 17.7 Å². The van der Waals surface area contributed by atoms with Crippen molar-refractivity contribution in [2.75, 3.05) is 5.32 Å². The van der Waals surface area contributed by atoms with Crippen LogP contribution in [0.25, 0.3) is 0 Å². The normalized spacial score (nSPS) is 21.5. The fraction of sp³-hybridized carbons (Fsp3) is 0.417. The highest BCUT2D eigenvalue weighted by Gasteiger charge is 2.33. The molecule has 1 aliphatic heterocycles. The van der Waals surface area contributed by atoms with E-state index in [9.17, 15) is 9.59 Å². The summed E-state index contributed by atoms with van der Waals surface area (Å²) in [6, 6.07) is 0. The minimum absolute atomic E-state index is 0.0245. The second kappa shape index (κ2) is 4.20. The first kappa shape index (κ1) is 11.4. The van der Waals surface area contributed by atoms with Gasteiger partial charge in [-0.2, -0.15) is 5.10 Å². The zero-order valence-electron chi connectivity index (χ0n) is 9.95. The van der Waals surface area contributed by atoms with Crippen molar-refractivity contribution in [2.45, 2.75) is 26.2 Å². The molecule has 1 aromatic heterocycles. The Morgan fingerprint density at radius 3 is 3.22 bits per heavy atom. The number of aryl methyl sites for hydroxylation is 1. The standard InChI is InChI=1S/C12H13N3O2S/c1-6(16)13-8-5-18-9-3-2-7-4-10(17)14-15-12(7)11(8)9/h5,7H,2-4H2,1H3,(H,13,16)(H,14,17). The SMILES string of the molecule is CC(=O)Nc1csc2c1C1=NNC(=O)CC1CC2. The van der Waals surface area contributed by atoms with Crippen molar-refractivity contribution in [1.82, 2.24) is 5.43 Å². The Kier molecular flexibility index (Phi) is 2.66. The van der Waals surface area contributed by atoms with Crippen molar-refractivity contribution in [2.24, 2.45) is 11.0 Å². The molecule has 0 radical (unpaired) electrons. The van der Waals surface area contributed by atoms with Gasteiger partial charge in [-0.1, -0.05) is 0 Å². The Morgan fingerprint density at radius 1 is 1.61 bits per heavy atom. The summed E-state index contributed by atoms with van der Waals surface area (Å²) in [5.74, 6) is 0.0787. The summed E-state index contributed by atoms with van der Waals surface area (Å²) in [4.78, 5) is 23.8. The van der Waals surface area contributed by atoms with Crippen molar-refractivity contribution < 1.29 is 9.59 Å². The first-order chi connectivity index (χ1) is 8.65. The number of nitrogens with one attached hydrogen (secondary N) is 2. The van der Waals surface area contributed by atoms with Crippen molar-refractivity contribution in [3.63, 3.8) is 0 Å². The third-order valence-electron chi connectivity index (χ3n) is 3.27. The molecule has 1 aliphatic carbocycles. The molecule has 3 rings (SSSR count). The summed E-state index contributed by atoms with van der Waals surface area (Å²) in [5, 5.41) is 8.97. The Morgan fingerprint density at radius 2 is 2.44 bits per heavy atom. The van der Waals surface area contributed by atoms with Gasteiger partial charge in [0.25, 0.3) is 0 Å². The highest BCUT2D eigenvalue weighted by Crippen LogP contribution is 2.38. The number of hydrazone groups is 1. The maximum Gasteiger partial charge on any atom is 0.240 e. The predicted octanol–water partition coefficient (Wildman–Crippen LogP) is 1.49. The summed E-state index contributed by atoms with van der Waals surface area (Å²) in [5.41, 5.74) is 5.29. The van der Waals surface area contributed by atoms with E-state index < -0.39 is 0 Å². The molecule has 0 aromatic carbocycles. The van der Waals surface area contributed by atoms with Gasteiger partial charge in [0.15, 0.2) is 0 Å². The summed E-state index contributed by atoms with van der Waals surface area (Å²) < 4.78 is 0. The molecular formula is C12H13N3O2S. The Balaban J connectivity index is 2.04. The van der Waals surface area contributed by atoms with Crippen LogP contribution in [-0.4, -0.2) is 17.5 Å². The van der Waals surface area contributed by atoms with Crippen LogP contribution in [0.4, 0.5) is 5.69 Å². The second-order valence-electron chi connectivity index (χ2n) is 4.60. The molecule has 18 heavy (non-hydrogen) atoms. The number of anilines is 1. The minimum atomic E-state index is -0.0850. The van der Waals surface area contributed by atoms with Crippen LogP contribution in [0.5, 0.6) is 0 Å². The molecule has 0 bridgehead atoms. The van der Waals surface area contributed by atoms with E-state index in [1.807, 2.05) is 5.38 Å². The van der Waals surface area contributed by atoms with Crippen LogP contribution < -0.4 is 10.7 Å². The summed E-state index contributed by atoms with van der Waals surface area (Å²) in [6.07, 6.45) is 2.41. The number of hydrogen-bond donors (Lipinski definition) is 2. The van der Waals surface area contributed by atoms with Crippen molar-refractivity contribution in [3.8, 4) is 0 Å². The first-order valence-corrected chi connectivity index (χ1v) is 6.78. The fourth-order valence-corrected chi connectivity index (χ4v) is 3.53. The van der Waals surface area contributed by atoms with Gasteiger partial charge in [0.05, 0.1) is 11.4 Å². The molecule has 2 amide bonds. The lowest BCUT2D eigenvalue weighted by Crippen LogP contribution is -2.36. The van der Waals surface area contributed by atoms with E-state index in [1.165, 1.54) is 11.8 Å². The van der Waals surface area contributed by atoms with Gasteiger partial charge in [-0.3, -0.25) is 9.59 Å². The van der Waals surface area contributed by atoms with E-state index in [2.05, 4.69) is 15.8 Å². The molecule has 94 valence electrons. The average Bonchev–Trinajstić information content (AvgIpc) is 2.71.